The standard InChI is InChI=1S/C19H14N4O5/c24-18-12-3-1-2-4-13(12)20-19(25)23(18)8-7-16-21-17(22-28-16)11-5-6-14-15(9-11)27-10-26-14/h1-6,9H,7-8,10H2,(H,20,25). The quantitative estimate of drug-likeness (QED) is 0.575. The molecule has 0 unspecified atom stereocenters. The average molecular weight is 378 g/mol. The Morgan fingerprint density at radius 3 is 2.86 bits per heavy atom. The summed E-state index contributed by atoms with van der Waals surface area (Å²) in [4.78, 5) is 31.8. The molecule has 0 saturated heterocycles. The molecule has 2 aromatic heterocycles. The van der Waals surface area contributed by atoms with Crippen LogP contribution in [-0.2, 0) is 13.0 Å². The lowest BCUT2D eigenvalue weighted by molar-refractivity contribution is 0.174. The van der Waals surface area contributed by atoms with E-state index < -0.39 is 5.69 Å². The van der Waals surface area contributed by atoms with Crippen molar-refractivity contribution in [2.75, 3.05) is 6.79 Å². The van der Waals surface area contributed by atoms with Crippen LogP contribution in [0.2, 0.25) is 0 Å². The first-order valence-electron chi connectivity index (χ1n) is 8.63. The van der Waals surface area contributed by atoms with E-state index in [0.717, 1.165) is 10.1 Å². The zero-order chi connectivity index (χ0) is 19.1. The summed E-state index contributed by atoms with van der Waals surface area (Å²) in [6, 6.07) is 12.2. The van der Waals surface area contributed by atoms with E-state index in [2.05, 4.69) is 15.1 Å². The third-order valence-corrected chi connectivity index (χ3v) is 4.54. The number of nitrogens with zero attached hydrogens (tertiary/aromatic N) is 3. The topological polar surface area (TPSA) is 112 Å². The average Bonchev–Trinajstić information content (AvgIpc) is 3.36. The van der Waals surface area contributed by atoms with Crippen molar-refractivity contribution in [1.29, 1.82) is 0 Å². The van der Waals surface area contributed by atoms with Gasteiger partial charge in [0, 0.05) is 18.5 Å². The summed E-state index contributed by atoms with van der Waals surface area (Å²) in [7, 11) is 0. The minimum atomic E-state index is -0.473. The number of fused-ring (bicyclic) bond motifs is 2. The number of para-hydroxylation sites is 1. The van der Waals surface area contributed by atoms with Gasteiger partial charge in [0.1, 0.15) is 0 Å². The number of H-pyrrole nitrogens is 1. The van der Waals surface area contributed by atoms with Gasteiger partial charge in [-0.25, -0.2) is 4.79 Å². The highest BCUT2D eigenvalue weighted by atomic mass is 16.7. The van der Waals surface area contributed by atoms with Crippen molar-refractivity contribution in [3.63, 3.8) is 0 Å². The molecule has 0 fully saturated rings. The fraction of sp³-hybridized carbons (Fsp3) is 0.158. The smallest absolute Gasteiger partial charge is 0.328 e. The molecule has 2 aromatic carbocycles. The second kappa shape index (κ2) is 6.38. The van der Waals surface area contributed by atoms with Crippen molar-refractivity contribution in [1.82, 2.24) is 19.7 Å². The van der Waals surface area contributed by atoms with E-state index in [1.165, 1.54) is 0 Å². The van der Waals surface area contributed by atoms with Crippen LogP contribution < -0.4 is 20.7 Å². The summed E-state index contributed by atoms with van der Waals surface area (Å²) in [5.41, 5.74) is 0.408. The van der Waals surface area contributed by atoms with Gasteiger partial charge < -0.3 is 19.0 Å². The monoisotopic (exact) mass is 378 g/mol. The predicted molar refractivity (Wildman–Crippen MR) is 98.4 cm³/mol. The maximum atomic E-state index is 12.6. The molecule has 0 saturated carbocycles. The lowest BCUT2D eigenvalue weighted by Gasteiger charge is -2.04. The molecule has 140 valence electrons. The van der Waals surface area contributed by atoms with Crippen LogP contribution in [0, 0.1) is 0 Å². The first-order chi connectivity index (χ1) is 13.7. The van der Waals surface area contributed by atoms with Crippen LogP contribution in [0.3, 0.4) is 0 Å². The fourth-order valence-electron chi connectivity index (χ4n) is 3.12. The van der Waals surface area contributed by atoms with E-state index >= 15 is 0 Å². The summed E-state index contributed by atoms with van der Waals surface area (Å²) in [6.07, 6.45) is 0.249. The highest BCUT2D eigenvalue weighted by Gasteiger charge is 2.17. The van der Waals surface area contributed by atoms with Crippen LogP contribution in [0.5, 0.6) is 11.5 Å². The number of aryl methyl sites for hydroxylation is 1. The highest BCUT2D eigenvalue weighted by Crippen LogP contribution is 2.35. The first kappa shape index (κ1) is 16.3. The Labute approximate surface area is 157 Å². The Hall–Kier alpha value is -3.88. The minimum Gasteiger partial charge on any atom is -0.454 e. The maximum Gasteiger partial charge on any atom is 0.328 e. The molecule has 9 heteroatoms. The van der Waals surface area contributed by atoms with Gasteiger partial charge in [-0.3, -0.25) is 9.36 Å². The Bertz CT molecular complexity index is 1300. The third-order valence-electron chi connectivity index (χ3n) is 4.54. The van der Waals surface area contributed by atoms with Crippen LogP contribution in [0.1, 0.15) is 5.89 Å². The van der Waals surface area contributed by atoms with Crippen LogP contribution in [0.25, 0.3) is 22.3 Å². The number of benzene rings is 2. The molecular weight excluding hydrogens is 364 g/mol. The number of ether oxygens (including phenoxy) is 2. The lowest BCUT2D eigenvalue weighted by Crippen LogP contribution is -2.35. The van der Waals surface area contributed by atoms with Gasteiger partial charge in [0.25, 0.3) is 5.56 Å². The van der Waals surface area contributed by atoms with E-state index in [9.17, 15) is 9.59 Å². The molecular formula is C19H14N4O5. The summed E-state index contributed by atoms with van der Waals surface area (Å²) >= 11 is 0. The maximum absolute atomic E-state index is 12.6. The summed E-state index contributed by atoms with van der Waals surface area (Å²) in [5.74, 6) is 2.01. The molecule has 3 heterocycles. The molecule has 0 aliphatic carbocycles. The SMILES string of the molecule is O=c1[nH]c2ccccc2c(=O)n1CCc1nc(-c2ccc3c(c2)OCO3)no1. The molecule has 0 amide bonds. The van der Waals surface area contributed by atoms with Crippen molar-refractivity contribution >= 4 is 10.9 Å². The predicted octanol–water partition coefficient (Wildman–Crippen LogP) is 1.71. The number of nitrogens with one attached hydrogen (secondary N) is 1. The summed E-state index contributed by atoms with van der Waals surface area (Å²) < 4.78 is 17.0. The van der Waals surface area contributed by atoms with Crippen molar-refractivity contribution in [2.24, 2.45) is 0 Å². The molecule has 1 N–H and O–H groups in total. The van der Waals surface area contributed by atoms with E-state index in [4.69, 9.17) is 14.0 Å². The van der Waals surface area contributed by atoms with E-state index in [0.29, 0.717) is 34.1 Å². The molecule has 1 aliphatic heterocycles. The highest BCUT2D eigenvalue weighted by molar-refractivity contribution is 5.76. The van der Waals surface area contributed by atoms with Crippen molar-refractivity contribution in [2.45, 2.75) is 13.0 Å². The van der Waals surface area contributed by atoms with E-state index in [-0.39, 0.29) is 25.3 Å². The molecule has 4 aromatic rings. The number of hydrogen-bond acceptors (Lipinski definition) is 7. The molecule has 0 spiro atoms. The molecule has 0 radical (unpaired) electrons. The van der Waals surface area contributed by atoms with Gasteiger partial charge in [-0.1, -0.05) is 17.3 Å². The molecule has 0 atom stereocenters. The van der Waals surface area contributed by atoms with E-state index in [1.807, 2.05) is 0 Å². The molecule has 1 aliphatic rings. The van der Waals surface area contributed by atoms with Crippen LogP contribution in [-0.4, -0.2) is 26.5 Å². The first-order valence-corrected chi connectivity index (χ1v) is 8.63. The Kier molecular flexibility index (Phi) is 3.71. The van der Waals surface area contributed by atoms with Gasteiger partial charge in [-0.2, -0.15) is 4.98 Å². The van der Waals surface area contributed by atoms with E-state index in [1.54, 1.807) is 42.5 Å². The second-order valence-electron chi connectivity index (χ2n) is 6.26. The second-order valence-corrected chi connectivity index (χ2v) is 6.26. The molecule has 28 heavy (non-hydrogen) atoms. The summed E-state index contributed by atoms with van der Waals surface area (Å²) in [6.45, 7) is 0.313. The number of aromatic amines is 1. The van der Waals surface area contributed by atoms with Gasteiger partial charge in [0.05, 0.1) is 10.9 Å². The van der Waals surface area contributed by atoms with Crippen LogP contribution in [0.15, 0.2) is 56.6 Å². The minimum absolute atomic E-state index is 0.127. The molecule has 0 bridgehead atoms. The number of hydrogen-bond donors (Lipinski definition) is 1. The zero-order valence-electron chi connectivity index (χ0n) is 14.5. The molecule has 9 nitrogen and oxygen atoms in total. The lowest BCUT2D eigenvalue weighted by atomic mass is 10.2. The normalized spacial score (nSPS) is 12.6. The van der Waals surface area contributed by atoms with Crippen molar-refractivity contribution < 1.29 is 14.0 Å². The fourth-order valence-corrected chi connectivity index (χ4v) is 3.12. The Morgan fingerprint density at radius 1 is 1.07 bits per heavy atom. The molecule has 5 rings (SSSR count). The van der Waals surface area contributed by atoms with Crippen LogP contribution in [0.4, 0.5) is 0 Å². The van der Waals surface area contributed by atoms with Crippen LogP contribution >= 0.6 is 0 Å². The summed E-state index contributed by atoms with van der Waals surface area (Å²) in [5, 5.41) is 4.42. The largest absolute Gasteiger partial charge is 0.454 e. The van der Waals surface area contributed by atoms with Gasteiger partial charge >= 0.3 is 5.69 Å². The number of aromatic nitrogens is 4. The van der Waals surface area contributed by atoms with Gasteiger partial charge in [0.2, 0.25) is 18.5 Å². The number of rotatable bonds is 4. The Morgan fingerprint density at radius 2 is 1.93 bits per heavy atom. The Balaban J connectivity index is 1.39. The van der Waals surface area contributed by atoms with Gasteiger partial charge in [-0.15, -0.1) is 0 Å². The van der Waals surface area contributed by atoms with Crippen molar-refractivity contribution in [3.05, 3.63) is 69.2 Å². The zero-order valence-corrected chi connectivity index (χ0v) is 14.5. The van der Waals surface area contributed by atoms with Gasteiger partial charge in [0.15, 0.2) is 11.5 Å². The van der Waals surface area contributed by atoms with Gasteiger partial charge in [-0.05, 0) is 30.3 Å². The third kappa shape index (κ3) is 2.73. The van der Waals surface area contributed by atoms with Crippen molar-refractivity contribution in [3.8, 4) is 22.9 Å².